The van der Waals surface area contributed by atoms with Gasteiger partial charge in [-0.25, -0.2) is 0 Å². The Balaban J connectivity index is 2.77. The first-order valence-electron chi connectivity index (χ1n) is 6.30. The van der Waals surface area contributed by atoms with Crippen molar-refractivity contribution in [3.05, 3.63) is 35.4 Å². The number of carbonyl (C=O) groups excluding carboxylic acids is 1. The predicted molar refractivity (Wildman–Crippen MR) is 72.1 cm³/mol. The third-order valence-electron chi connectivity index (χ3n) is 2.90. The molecule has 1 aromatic carbocycles. The van der Waals surface area contributed by atoms with Crippen molar-refractivity contribution in [2.24, 2.45) is 17.6 Å². The van der Waals surface area contributed by atoms with Crippen molar-refractivity contribution in [2.75, 3.05) is 0 Å². The van der Waals surface area contributed by atoms with Gasteiger partial charge in [0.15, 0.2) is 5.78 Å². The maximum atomic E-state index is 12.0. The molecule has 0 spiro atoms. The smallest absolute Gasteiger partial charge is 0.179 e. The number of rotatable bonds is 5. The number of benzene rings is 1. The monoisotopic (exact) mass is 233 g/mol. The fourth-order valence-electron chi connectivity index (χ4n) is 1.77. The van der Waals surface area contributed by atoms with Crippen molar-refractivity contribution in [3.63, 3.8) is 0 Å². The molecule has 0 fully saturated rings. The molecule has 0 aliphatic carbocycles. The second-order valence-electron chi connectivity index (χ2n) is 5.43. The van der Waals surface area contributed by atoms with Crippen LogP contribution in [0.5, 0.6) is 0 Å². The number of nitrogens with two attached hydrogens (primary N) is 1. The summed E-state index contributed by atoms with van der Waals surface area (Å²) < 4.78 is 0. The number of carbonyl (C=O) groups is 1. The van der Waals surface area contributed by atoms with E-state index in [4.69, 9.17) is 5.73 Å². The van der Waals surface area contributed by atoms with Gasteiger partial charge in [0.1, 0.15) is 0 Å². The normalized spacial score (nSPS) is 13.1. The van der Waals surface area contributed by atoms with E-state index in [1.165, 1.54) is 5.56 Å². The Kier molecular flexibility index (Phi) is 4.88. The highest BCUT2D eigenvalue weighted by atomic mass is 16.1. The van der Waals surface area contributed by atoms with E-state index in [9.17, 15) is 4.79 Å². The molecule has 1 unspecified atom stereocenters. The lowest BCUT2D eigenvalue weighted by atomic mass is 9.94. The molecule has 94 valence electrons. The minimum atomic E-state index is -0.397. The highest BCUT2D eigenvalue weighted by molar-refractivity contribution is 6.00. The second kappa shape index (κ2) is 5.97. The van der Waals surface area contributed by atoms with Crippen molar-refractivity contribution >= 4 is 5.78 Å². The fraction of sp³-hybridized carbons (Fsp3) is 0.533. The van der Waals surface area contributed by atoms with Crippen LogP contribution < -0.4 is 5.73 Å². The van der Waals surface area contributed by atoms with Crippen LogP contribution in [0, 0.1) is 11.8 Å². The number of hydrogen-bond acceptors (Lipinski definition) is 2. The Hall–Kier alpha value is -1.15. The molecule has 2 N–H and O–H groups in total. The molecule has 0 aliphatic heterocycles. The minimum Gasteiger partial charge on any atom is -0.321 e. The summed E-state index contributed by atoms with van der Waals surface area (Å²) in [6.45, 7) is 8.31. The molecular weight excluding hydrogens is 210 g/mol. The number of hydrogen-bond donors (Lipinski definition) is 1. The van der Waals surface area contributed by atoms with Crippen molar-refractivity contribution < 1.29 is 4.79 Å². The molecule has 1 rings (SSSR count). The molecule has 0 aliphatic rings. The Labute approximate surface area is 104 Å². The largest absolute Gasteiger partial charge is 0.321 e. The first-order chi connectivity index (χ1) is 7.91. The highest BCUT2D eigenvalue weighted by Gasteiger charge is 2.18. The molecular formula is C15H23NO. The van der Waals surface area contributed by atoms with Crippen LogP contribution in [0.25, 0.3) is 0 Å². The van der Waals surface area contributed by atoms with Crippen molar-refractivity contribution in [1.29, 1.82) is 0 Å². The van der Waals surface area contributed by atoms with Gasteiger partial charge in [0.05, 0.1) is 6.04 Å². The summed E-state index contributed by atoms with van der Waals surface area (Å²) in [4.78, 5) is 12.0. The van der Waals surface area contributed by atoms with Crippen LogP contribution in [-0.2, 0) is 6.42 Å². The summed E-state index contributed by atoms with van der Waals surface area (Å²) in [7, 11) is 0. The van der Waals surface area contributed by atoms with Crippen LogP contribution in [0.2, 0.25) is 0 Å². The average molecular weight is 233 g/mol. The summed E-state index contributed by atoms with van der Waals surface area (Å²) >= 11 is 0. The van der Waals surface area contributed by atoms with E-state index in [-0.39, 0.29) is 11.7 Å². The summed E-state index contributed by atoms with van der Waals surface area (Å²) in [6.07, 6.45) is 1.05. The SMILES string of the molecule is CC(C)Cc1ccc(C(=O)C(N)C(C)C)cc1. The van der Waals surface area contributed by atoms with Crippen molar-refractivity contribution in [1.82, 2.24) is 0 Å². The van der Waals surface area contributed by atoms with Crippen LogP contribution in [0.15, 0.2) is 24.3 Å². The second-order valence-corrected chi connectivity index (χ2v) is 5.43. The van der Waals surface area contributed by atoms with Gasteiger partial charge in [-0.05, 0) is 23.8 Å². The molecule has 1 atom stereocenters. The van der Waals surface area contributed by atoms with Gasteiger partial charge in [0.25, 0.3) is 0 Å². The average Bonchev–Trinajstić information content (AvgIpc) is 2.27. The predicted octanol–water partition coefficient (Wildman–Crippen LogP) is 3.05. The molecule has 0 heterocycles. The van der Waals surface area contributed by atoms with Crippen LogP contribution in [0.4, 0.5) is 0 Å². The lowest BCUT2D eigenvalue weighted by molar-refractivity contribution is 0.0940. The lowest BCUT2D eigenvalue weighted by Crippen LogP contribution is -2.35. The van der Waals surface area contributed by atoms with Gasteiger partial charge in [-0.1, -0.05) is 52.0 Å². The zero-order chi connectivity index (χ0) is 13.0. The van der Waals surface area contributed by atoms with Crippen LogP contribution in [-0.4, -0.2) is 11.8 Å². The van der Waals surface area contributed by atoms with Crippen molar-refractivity contribution in [3.8, 4) is 0 Å². The van der Waals surface area contributed by atoms with Crippen LogP contribution in [0.1, 0.15) is 43.6 Å². The van der Waals surface area contributed by atoms with Gasteiger partial charge in [0, 0.05) is 5.56 Å². The standard InChI is InChI=1S/C15H23NO/c1-10(2)9-12-5-7-13(8-6-12)15(17)14(16)11(3)4/h5-8,10-11,14H,9,16H2,1-4H3. The van der Waals surface area contributed by atoms with Gasteiger partial charge in [-0.3, -0.25) is 4.79 Å². The first-order valence-corrected chi connectivity index (χ1v) is 6.30. The van der Waals surface area contributed by atoms with E-state index >= 15 is 0 Å². The molecule has 0 saturated heterocycles. The van der Waals surface area contributed by atoms with E-state index in [2.05, 4.69) is 13.8 Å². The molecule has 0 radical (unpaired) electrons. The van der Waals surface area contributed by atoms with Gasteiger partial charge >= 0.3 is 0 Å². The molecule has 0 amide bonds. The van der Waals surface area contributed by atoms with Gasteiger partial charge in [0.2, 0.25) is 0 Å². The van der Waals surface area contributed by atoms with Crippen LogP contribution in [0.3, 0.4) is 0 Å². The highest BCUT2D eigenvalue weighted by Crippen LogP contribution is 2.13. The Morgan fingerprint density at radius 2 is 1.65 bits per heavy atom. The van der Waals surface area contributed by atoms with E-state index in [0.717, 1.165) is 12.0 Å². The van der Waals surface area contributed by atoms with Gasteiger partial charge in [-0.15, -0.1) is 0 Å². The molecule has 1 aromatic rings. The molecule has 0 aromatic heterocycles. The Morgan fingerprint density at radius 3 is 2.06 bits per heavy atom. The van der Waals surface area contributed by atoms with E-state index < -0.39 is 6.04 Å². The van der Waals surface area contributed by atoms with Gasteiger partial charge in [-0.2, -0.15) is 0 Å². The minimum absolute atomic E-state index is 0.0381. The zero-order valence-corrected chi connectivity index (χ0v) is 11.2. The molecule has 2 heteroatoms. The maximum absolute atomic E-state index is 12.0. The summed E-state index contributed by atoms with van der Waals surface area (Å²) in [5, 5.41) is 0. The molecule has 2 nitrogen and oxygen atoms in total. The van der Waals surface area contributed by atoms with E-state index in [1.807, 2.05) is 38.1 Å². The quantitative estimate of drug-likeness (QED) is 0.794. The molecule has 0 bridgehead atoms. The van der Waals surface area contributed by atoms with E-state index in [1.54, 1.807) is 0 Å². The third-order valence-corrected chi connectivity index (χ3v) is 2.90. The molecule has 0 saturated carbocycles. The molecule has 17 heavy (non-hydrogen) atoms. The Bertz CT molecular complexity index is 365. The Morgan fingerprint density at radius 1 is 1.12 bits per heavy atom. The topological polar surface area (TPSA) is 43.1 Å². The summed E-state index contributed by atoms with van der Waals surface area (Å²) in [5.74, 6) is 0.850. The van der Waals surface area contributed by atoms with Crippen LogP contribution >= 0.6 is 0 Å². The number of Topliss-reactive ketones (excluding diaryl/α,β-unsaturated/α-hetero) is 1. The number of ketones is 1. The lowest BCUT2D eigenvalue weighted by Gasteiger charge is -2.14. The maximum Gasteiger partial charge on any atom is 0.179 e. The zero-order valence-electron chi connectivity index (χ0n) is 11.2. The summed E-state index contributed by atoms with van der Waals surface area (Å²) in [6, 6.07) is 7.44. The van der Waals surface area contributed by atoms with Gasteiger partial charge < -0.3 is 5.73 Å². The van der Waals surface area contributed by atoms with Crippen molar-refractivity contribution in [2.45, 2.75) is 40.2 Å². The third kappa shape index (κ3) is 3.97. The summed E-state index contributed by atoms with van der Waals surface area (Å²) in [5.41, 5.74) is 7.86. The first kappa shape index (κ1) is 13.9. The fourth-order valence-corrected chi connectivity index (χ4v) is 1.77. The van der Waals surface area contributed by atoms with E-state index in [0.29, 0.717) is 5.92 Å².